The number of hydrogen-bond acceptors (Lipinski definition) is 7. The van der Waals surface area contributed by atoms with Crippen LogP contribution in [0.4, 0.5) is 17.5 Å². The predicted molar refractivity (Wildman–Crippen MR) is 131 cm³/mol. The number of anilines is 3. The van der Waals surface area contributed by atoms with Crippen molar-refractivity contribution >= 4 is 23.4 Å². The number of hydrogen-bond donors (Lipinski definition) is 1. The van der Waals surface area contributed by atoms with E-state index in [1.54, 1.807) is 10.9 Å². The first-order chi connectivity index (χ1) is 16.6. The molecule has 172 valence electrons. The van der Waals surface area contributed by atoms with E-state index in [1.165, 1.54) is 0 Å². The molecule has 1 saturated heterocycles. The predicted octanol–water partition coefficient (Wildman–Crippen LogP) is 3.38. The highest BCUT2D eigenvalue weighted by molar-refractivity contribution is 5.95. The number of aromatic nitrogens is 5. The summed E-state index contributed by atoms with van der Waals surface area (Å²) < 4.78 is 1.81. The molecule has 9 heteroatoms. The second-order valence-corrected chi connectivity index (χ2v) is 8.24. The van der Waals surface area contributed by atoms with Gasteiger partial charge < -0.3 is 15.1 Å². The van der Waals surface area contributed by atoms with Crippen molar-refractivity contribution in [3.8, 4) is 5.69 Å². The number of benzene rings is 1. The SMILES string of the molecule is Cc1cccc(Nc2ccc(N3CCN(C(=O)c4cnn(-c5ccccc5)c4C)CC3)nn2)n1. The lowest BCUT2D eigenvalue weighted by Crippen LogP contribution is -2.49. The van der Waals surface area contributed by atoms with Crippen molar-refractivity contribution in [3.63, 3.8) is 0 Å². The highest BCUT2D eigenvalue weighted by atomic mass is 16.2. The van der Waals surface area contributed by atoms with Gasteiger partial charge in [-0.25, -0.2) is 9.67 Å². The third-order valence-electron chi connectivity index (χ3n) is 5.93. The lowest BCUT2D eigenvalue weighted by Gasteiger charge is -2.35. The Hall–Kier alpha value is -4.27. The summed E-state index contributed by atoms with van der Waals surface area (Å²) >= 11 is 0. The van der Waals surface area contributed by atoms with E-state index in [1.807, 2.05) is 79.4 Å². The van der Waals surface area contributed by atoms with Crippen LogP contribution in [0.1, 0.15) is 21.7 Å². The number of carbonyl (C=O) groups is 1. The van der Waals surface area contributed by atoms with Crippen LogP contribution >= 0.6 is 0 Å². The second-order valence-electron chi connectivity index (χ2n) is 8.24. The zero-order chi connectivity index (χ0) is 23.5. The normalized spacial score (nSPS) is 13.7. The summed E-state index contributed by atoms with van der Waals surface area (Å²) in [6, 6.07) is 19.5. The van der Waals surface area contributed by atoms with Crippen LogP contribution in [0.15, 0.2) is 66.9 Å². The highest BCUT2D eigenvalue weighted by Crippen LogP contribution is 2.20. The van der Waals surface area contributed by atoms with Gasteiger partial charge in [0.1, 0.15) is 5.82 Å². The largest absolute Gasteiger partial charge is 0.352 e. The topological polar surface area (TPSA) is 92.1 Å². The van der Waals surface area contributed by atoms with E-state index < -0.39 is 0 Å². The van der Waals surface area contributed by atoms with E-state index in [9.17, 15) is 4.79 Å². The lowest BCUT2D eigenvalue weighted by atomic mass is 10.2. The highest BCUT2D eigenvalue weighted by Gasteiger charge is 2.25. The summed E-state index contributed by atoms with van der Waals surface area (Å²) in [5.74, 6) is 2.18. The number of piperazine rings is 1. The van der Waals surface area contributed by atoms with Crippen LogP contribution < -0.4 is 10.2 Å². The number of carbonyl (C=O) groups excluding carboxylic acids is 1. The zero-order valence-corrected chi connectivity index (χ0v) is 19.2. The number of nitrogens with one attached hydrogen (secondary N) is 1. The van der Waals surface area contributed by atoms with Crippen LogP contribution in [0.2, 0.25) is 0 Å². The van der Waals surface area contributed by atoms with Gasteiger partial charge in [-0.3, -0.25) is 4.79 Å². The monoisotopic (exact) mass is 454 g/mol. The van der Waals surface area contributed by atoms with Crippen molar-refractivity contribution in [2.75, 3.05) is 36.4 Å². The van der Waals surface area contributed by atoms with E-state index in [4.69, 9.17) is 0 Å². The number of nitrogens with zero attached hydrogens (tertiary/aromatic N) is 7. The van der Waals surface area contributed by atoms with Gasteiger partial charge in [0, 0.05) is 31.9 Å². The molecule has 0 unspecified atom stereocenters. The van der Waals surface area contributed by atoms with Crippen LogP contribution in [-0.2, 0) is 0 Å². The molecule has 1 aliphatic heterocycles. The molecule has 9 nitrogen and oxygen atoms in total. The molecular formula is C25H26N8O. The first-order valence-corrected chi connectivity index (χ1v) is 11.3. The van der Waals surface area contributed by atoms with Gasteiger partial charge in [0.15, 0.2) is 11.6 Å². The van der Waals surface area contributed by atoms with Gasteiger partial charge in [0.2, 0.25) is 0 Å². The second kappa shape index (κ2) is 9.30. The molecule has 0 atom stereocenters. The molecule has 0 aliphatic carbocycles. The Morgan fingerprint density at radius 1 is 0.853 bits per heavy atom. The molecule has 5 rings (SSSR count). The summed E-state index contributed by atoms with van der Waals surface area (Å²) in [6.07, 6.45) is 1.66. The Labute approximate surface area is 198 Å². The van der Waals surface area contributed by atoms with Crippen molar-refractivity contribution in [1.82, 2.24) is 29.9 Å². The Bertz CT molecular complexity index is 1280. The van der Waals surface area contributed by atoms with Crippen molar-refractivity contribution < 1.29 is 4.79 Å². The molecule has 1 fully saturated rings. The van der Waals surface area contributed by atoms with E-state index in [0.717, 1.165) is 28.7 Å². The molecule has 3 aromatic heterocycles. The van der Waals surface area contributed by atoms with E-state index in [-0.39, 0.29) is 5.91 Å². The molecule has 4 heterocycles. The fraction of sp³-hybridized carbons (Fsp3) is 0.240. The van der Waals surface area contributed by atoms with E-state index >= 15 is 0 Å². The van der Waals surface area contributed by atoms with Gasteiger partial charge >= 0.3 is 0 Å². The molecule has 34 heavy (non-hydrogen) atoms. The first-order valence-electron chi connectivity index (χ1n) is 11.3. The third-order valence-corrected chi connectivity index (χ3v) is 5.93. The molecule has 0 bridgehead atoms. The molecular weight excluding hydrogens is 428 g/mol. The molecule has 1 aromatic carbocycles. The van der Waals surface area contributed by atoms with Crippen molar-refractivity contribution in [2.45, 2.75) is 13.8 Å². The maximum Gasteiger partial charge on any atom is 0.257 e. The Morgan fingerprint density at radius 3 is 2.35 bits per heavy atom. The van der Waals surface area contributed by atoms with Crippen LogP contribution in [0, 0.1) is 13.8 Å². The number of rotatable bonds is 5. The minimum absolute atomic E-state index is 0.00983. The van der Waals surface area contributed by atoms with Crippen LogP contribution in [0.5, 0.6) is 0 Å². The summed E-state index contributed by atoms with van der Waals surface area (Å²) in [4.78, 5) is 21.6. The molecule has 0 saturated carbocycles. The van der Waals surface area contributed by atoms with Gasteiger partial charge in [0.25, 0.3) is 5.91 Å². The Balaban J connectivity index is 1.20. The van der Waals surface area contributed by atoms with Gasteiger partial charge in [-0.2, -0.15) is 5.10 Å². The standard InChI is InChI=1S/C25H26N8O/c1-18-7-6-10-22(27-18)28-23-11-12-24(30-29-23)31-13-15-32(16-14-31)25(34)21-17-26-33(19(21)2)20-8-4-3-5-9-20/h3-12,17H,13-16H2,1-2H3,(H,27,28,29). The quantitative estimate of drug-likeness (QED) is 0.494. The number of para-hydroxylation sites is 1. The first kappa shape index (κ1) is 21.6. The number of pyridine rings is 1. The van der Waals surface area contributed by atoms with Gasteiger partial charge in [-0.1, -0.05) is 24.3 Å². The summed E-state index contributed by atoms with van der Waals surface area (Å²) in [7, 11) is 0. The summed E-state index contributed by atoms with van der Waals surface area (Å²) in [6.45, 7) is 6.49. The summed E-state index contributed by atoms with van der Waals surface area (Å²) in [5, 5.41) is 16.3. The summed E-state index contributed by atoms with van der Waals surface area (Å²) in [5.41, 5.74) is 3.36. The van der Waals surface area contributed by atoms with E-state index in [0.29, 0.717) is 37.6 Å². The minimum Gasteiger partial charge on any atom is -0.352 e. The average Bonchev–Trinajstić information content (AvgIpc) is 3.26. The Morgan fingerprint density at radius 2 is 1.65 bits per heavy atom. The van der Waals surface area contributed by atoms with Crippen molar-refractivity contribution in [2.24, 2.45) is 0 Å². The molecule has 1 aliphatic rings. The van der Waals surface area contributed by atoms with Gasteiger partial charge in [-0.15, -0.1) is 10.2 Å². The van der Waals surface area contributed by atoms with Gasteiger partial charge in [0.05, 0.1) is 23.1 Å². The minimum atomic E-state index is 0.00983. The van der Waals surface area contributed by atoms with Crippen molar-refractivity contribution in [1.29, 1.82) is 0 Å². The average molecular weight is 455 g/mol. The molecule has 0 radical (unpaired) electrons. The van der Waals surface area contributed by atoms with Crippen molar-refractivity contribution in [3.05, 3.63) is 83.8 Å². The third kappa shape index (κ3) is 4.45. The van der Waals surface area contributed by atoms with Crippen LogP contribution in [0.3, 0.4) is 0 Å². The molecule has 0 spiro atoms. The van der Waals surface area contributed by atoms with Crippen LogP contribution in [0.25, 0.3) is 5.69 Å². The molecule has 4 aromatic rings. The smallest absolute Gasteiger partial charge is 0.257 e. The fourth-order valence-corrected chi connectivity index (χ4v) is 4.06. The Kier molecular flexibility index (Phi) is 5.90. The number of amides is 1. The molecule has 1 N–H and O–H groups in total. The maximum atomic E-state index is 13.2. The number of aryl methyl sites for hydroxylation is 1. The fourth-order valence-electron chi connectivity index (χ4n) is 4.06. The zero-order valence-electron chi connectivity index (χ0n) is 19.2. The van der Waals surface area contributed by atoms with Gasteiger partial charge in [-0.05, 0) is 50.2 Å². The maximum absolute atomic E-state index is 13.2. The molecule has 1 amide bonds. The van der Waals surface area contributed by atoms with Crippen LogP contribution in [-0.4, -0.2) is 61.9 Å². The van der Waals surface area contributed by atoms with E-state index in [2.05, 4.69) is 30.5 Å². The lowest BCUT2D eigenvalue weighted by molar-refractivity contribution is 0.0745.